The van der Waals surface area contributed by atoms with Crippen molar-refractivity contribution in [2.45, 2.75) is 20.0 Å². The highest BCUT2D eigenvalue weighted by molar-refractivity contribution is 5.57. The zero-order chi connectivity index (χ0) is 9.84. The minimum Gasteiger partial charge on any atom is -0.491 e. The molecule has 68 valence electrons. The highest BCUT2D eigenvalue weighted by Gasteiger charge is 2.01. The molecule has 0 fully saturated rings. The molecular weight excluding hydrogens is 164 g/mol. The number of nitriles is 1. The van der Waals surface area contributed by atoms with Crippen molar-refractivity contribution in [1.82, 2.24) is 0 Å². The Morgan fingerprint density at radius 1 is 1.46 bits per heavy atom. The fourth-order valence-corrected chi connectivity index (χ4v) is 0.988. The standard InChI is InChI=1S/C10H12N2O/c1-7(2)13-9-4-3-8(6-11)10(12)5-9/h3-5,7H,12H2,1-2H3. The van der Waals surface area contributed by atoms with Gasteiger partial charge in [0.15, 0.2) is 0 Å². The number of nitrogens with zero attached hydrogens (tertiary/aromatic N) is 1. The largest absolute Gasteiger partial charge is 0.491 e. The summed E-state index contributed by atoms with van der Waals surface area (Å²) in [5.74, 6) is 0.700. The van der Waals surface area contributed by atoms with Crippen molar-refractivity contribution in [3.05, 3.63) is 23.8 Å². The fourth-order valence-electron chi connectivity index (χ4n) is 0.988. The zero-order valence-corrected chi connectivity index (χ0v) is 7.74. The van der Waals surface area contributed by atoms with Crippen molar-refractivity contribution in [1.29, 1.82) is 5.26 Å². The molecule has 0 bridgehead atoms. The first-order valence-corrected chi connectivity index (χ1v) is 4.09. The molecule has 0 amide bonds. The van der Waals surface area contributed by atoms with Crippen LogP contribution >= 0.6 is 0 Å². The Morgan fingerprint density at radius 2 is 2.15 bits per heavy atom. The van der Waals surface area contributed by atoms with E-state index >= 15 is 0 Å². The van der Waals surface area contributed by atoms with Crippen molar-refractivity contribution in [2.75, 3.05) is 5.73 Å². The molecule has 0 heterocycles. The molecule has 2 N–H and O–H groups in total. The van der Waals surface area contributed by atoms with E-state index in [1.165, 1.54) is 0 Å². The Balaban J connectivity index is 2.91. The number of hydrogen-bond acceptors (Lipinski definition) is 3. The second-order valence-corrected chi connectivity index (χ2v) is 3.03. The molecule has 3 nitrogen and oxygen atoms in total. The van der Waals surface area contributed by atoms with Gasteiger partial charge in [0.25, 0.3) is 0 Å². The first-order chi connectivity index (χ1) is 6.13. The highest BCUT2D eigenvalue weighted by Crippen LogP contribution is 2.19. The molecule has 1 aromatic carbocycles. The van der Waals surface area contributed by atoms with Crippen LogP contribution in [0.15, 0.2) is 18.2 Å². The number of rotatable bonds is 2. The SMILES string of the molecule is CC(C)Oc1ccc(C#N)c(N)c1. The molecule has 0 atom stereocenters. The van der Waals surface area contributed by atoms with E-state index < -0.39 is 0 Å². The van der Waals surface area contributed by atoms with Gasteiger partial charge in [0.2, 0.25) is 0 Å². The van der Waals surface area contributed by atoms with Gasteiger partial charge in [0.05, 0.1) is 17.4 Å². The molecule has 0 unspecified atom stereocenters. The number of hydrogen-bond donors (Lipinski definition) is 1. The predicted octanol–water partition coefficient (Wildman–Crippen LogP) is 1.93. The second-order valence-electron chi connectivity index (χ2n) is 3.03. The molecule has 0 spiro atoms. The third-order valence-electron chi connectivity index (χ3n) is 1.52. The highest BCUT2D eigenvalue weighted by atomic mass is 16.5. The smallest absolute Gasteiger partial charge is 0.121 e. The quantitative estimate of drug-likeness (QED) is 0.700. The lowest BCUT2D eigenvalue weighted by atomic mass is 10.2. The van der Waals surface area contributed by atoms with Crippen LogP contribution in [0.2, 0.25) is 0 Å². The minimum absolute atomic E-state index is 0.118. The third kappa shape index (κ3) is 2.38. The summed E-state index contributed by atoms with van der Waals surface area (Å²) < 4.78 is 5.41. The van der Waals surface area contributed by atoms with E-state index in [0.717, 1.165) is 0 Å². The van der Waals surface area contributed by atoms with Gasteiger partial charge < -0.3 is 10.5 Å². The van der Waals surface area contributed by atoms with E-state index in [-0.39, 0.29) is 6.10 Å². The van der Waals surface area contributed by atoms with Crippen LogP contribution in [0.1, 0.15) is 19.4 Å². The molecule has 3 heteroatoms. The molecule has 13 heavy (non-hydrogen) atoms. The summed E-state index contributed by atoms with van der Waals surface area (Å²) in [7, 11) is 0. The maximum absolute atomic E-state index is 8.62. The van der Waals surface area contributed by atoms with Gasteiger partial charge in [0.1, 0.15) is 11.8 Å². The Morgan fingerprint density at radius 3 is 2.62 bits per heavy atom. The van der Waals surface area contributed by atoms with Gasteiger partial charge in [-0.05, 0) is 26.0 Å². The number of benzene rings is 1. The van der Waals surface area contributed by atoms with E-state index in [4.69, 9.17) is 15.7 Å². The van der Waals surface area contributed by atoms with Gasteiger partial charge in [-0.3, -0.25) is 0 Å². The Labute approximate surface area is 77.7 Å². The van der Waals surface area contributed by atoms with Gasteiger partial charge in [-0.2, -0.15) is 5.26 Å². The minimum atomic E-state index is 0.118. The first-order valence-electron chi connectivity index (χ1n) is 4.09. The molecule has 1 rings (SSSR count). The first kappa shape index (κ1) is 9.40. The summed E-state index contributed by atoms with van der Waals surface area (Å²) >= 11 is 0. The lowest BCUT2D eigenvalue weighted by molar-refractivity contribution is 0.242. The number of anilines is 1. The van der Waals surface area contributed by atoms with Crippen molar-refractivity contribution >= 4 is 5.69 Å². The fraction of sp³-hybridized carbons (Fsp3) is 0.300. The normalized spacial score (nSPS) is 9.69. The van der Waals surface area contributed by atoms with Crippen LogP contribution in [0.3, 0.4) is 0 Å². The molecule has 0 aliphatic heterocycles. The van der Waals surface area contributed by atoms with Crippen LogP contribution in [0.25, 0.3) is 0 Å². The van der Waals surface area contributed by atoms with Gasteiger partial charge in [-0.1, -0.05) is 0 Å². The summed E-state index contributed by atoms with van der Waals surface area (Å²) in [6.07, 6.45) is 0.118. The van der Waals surface area contributed by atoms with Crippen LogP contribution in [-0.4, -0.2) is 6.10 Å². The van der Waals surface area contributed by atoms with Crippen LogP contribution in [0.5, 0.6) is 5.75 Å². The zero-order valence-electron chi connectivity index (χ0n) is 7.74. The average molecular weight is 176 g/mol. The molecule has 0 saturated carbocycles. The van der Waals surface area contributed by atoms with Gasteiger partial charge in [-0.15, -0.1) is 0 Å². The number of nitrogen functional groups attached to an aromatic ring is 1. The third-order valence-corrected chi connectivity index (χ3v) is 1.52. The molecular formula is C10H12N2O. The van der Waals surface area contributed by atoms with E-state index in [1.807, 2.05) is 19.9 Å². The van der Waals surface area contributed by atoms with Crippen LogP contribution in [0.4, 0.5) is 5.69 Å². The van der Waals surface area contributed by atoms with E-state index in [1.54, 1.807) is 18.2 Å². The van der Waals surface area contributed by atoms with E-state index in [9.17, 15) is 0 Å². The molecule has 0 saturated heterocycles. The van der Waals surface area contributed by atoms with E-state index in [0.29, 0.717) is 17.0 Å². The van der Waals surface area contributed by atoms with Crippen LogP contribution in [0, 0.1) is 11.3 Å². The Hall–Kier alpha value is -1.69. The van der Waals surface area contributed by atoms with Crippen molar-refractivity contribution < 1.29 is 4.74 Å². The summed E-state index contributed by atoms with van der Waals surface area (Å²) in [4.78, 5) is 0. The van der Waals surface area contributed by atoms with Crippen LogP contribution in [-0.2, 0) is 0 Å². The number of nitrogens with two attached hydrogens (primary N) is 1. The summed E-state index contributed by atoms with van der Waals surface area (Å²) in [6.45, 7) is 3.88. The molecule has 0 aromatic heterocycles. The lowest BCUT2D eigenvalue weighted by Crippen LogP contribution is -2.05. The summed E-state index contributed by atoms with van der Waals surface area (Å²) in [5.41, 5.74) is 6.55. The van der Waals surface area contributed by atoms with Crippen molar-refractivity contribution in [2.24, 2.45) is 0 Å². The van der Waals surface area contributed by atoms with Gasteiger partial charge in [0, 0.05) is 6.07 Å². The van der Waals surface area contributed by atoms with Crippen molar-refractivity contribution in [3.8, 4) is 11.8 Å². The van der Waals surface area contributed by atoms with Crippen molar-refractivity contribution in [3.63, 3.8) is 0 Å². The Kier molecular flexibility index (Phi) is 2.76. The molecule has 0 radical (unpaired) electrons. The molecule has 0 aliphatic rings. The Bertz CT molecular complexity index is 339. The second kappa shape index (κ2) is 3.81. The maximum atomic E-state index is 8.62. The lowest BCUT2D eigenvalue weighted by Gasteiger charge is -2.10. The summed E-state index contributed by atoms with van der Waals surface area (Å²) in [6, 6.07) is 7.07. The van der Waals surface area contributed by atoms with E-state index in [2.05, 4.69) is 0 Å². The van der Waals surface area contributed by atoms with Gasteiger partial charge >= 0.3 is 0 Å². The summed E-state index contributed by atoms with van der Waals surface area (Å²) in [5, 5.41) is 8.62. The number of ether oxygens (including phenoxy) is 1. The monoisotopic (exact) mass is 176 g/mol. The average Bonchev–Trinajstić information content (AvgIpc) is 2.03. The predicted molar refractivity (Wildman–Crippen MR) is 51.3 cm³/mol. The van der Waals surface area contributed by atoms with Crippen LogP contribution < -0.4 is 10.5 Å². The molecule has 1 aromatic rings. The topological polar surface area (TPSA) is 59.0 Å². The maximum Gasteiger partial charge on any atom is 0.121 e. The molecule has 0 aliphatic carbocycles. The van der Waals surface area contributed by atoms with Gasteiger partial charge in [-0.25, -0.2) is 0 Å².